The summed E-state index contributed by atoms with van der Waals surface area (Å²) in [6, 6.07) is 6.38. The van der Waals surface area contributed by atoms with E-state index in [1.54, 1.807) is 0 Å². The van der Waals surface area contributed by atoms with Crippen molar-refractivity contribution >= 4 is 23.5 Å². The predicted molar refractivity (Wildman–Crippen MR) is 179 cm³/mol. The maximum Gasteiger partial charge on any atom is 0.340 e. The van der Waals surface area contributed by atoms with Gasteiger partial charge >= 0.3 is 11.9 Å². The Bertz CT molecular complexity index is 988. The summed E-state index contributed by atoms with van der Waals surface area (Å²) in [7, 11) is 0. The molecule has 0 bridgehead atoms. The molecule has 2 fully saturated rings. The largest absolute Gasteiger partial charge is 0.460 e. The van der Waals surface area contributed by atoms with Gasteiger partial charge in [-0.25, -0.2) is 18.4 Å². The third-order valence-corrected chi connectivity index (χ3v) is 10.3. The average Bonchev–Trinajstić information content (AvgIpc) is 3.04. The van der Waals surface area contributed by atoms with Crippen LogP contribution in [-0.4, -0.2) is 36.5 Å². The minimum absolute atomic E-state index is 0.209. The van der Waals surface area contributed by atoms with Crippen molar-refractivity contribution in [3.05, 3.63) is 34.3 Å². The molecule has 7 heteroatoms. The second kappa shape index (κ2) is 21.2. The van der Waals surface area contributed by atoms with E-state index in [2.05, 4.69) is 32.0 Å². The molecule has 2 saturated carbocycles. The highest BCUT2D eigenvalue weighted by Gasteiger charge is 2.31. The van der Waals surface area contributed by atoms with Crippen LogP contribution < -0.4 is 0 Å². The maximum atomic E-state index is 14.4. The van der Waals surface area contributed by atoms with Crippen molar-refractivity contribution in [2.45, 2.75) is 191 Å². The molecule has 2 atom stereocenters. The Morgan fingerprint density at radius 3 is 1.53 bits per heavy atom. The van der Waals surface area contributed by atoms with Crippen LogP contribution in [-0.2, 0) is 19.1 Å². The lowest BCUT2D eigenvalue weighted by molar-refractivity contribution is -0.157. The van der Waals surface area contributed by atoms with Crippen LogP contribution in [0.1, 0.15) is 178 Å². The monoisotopic (exact) mass is 652 g/mol. The van der Waals surface area contributed by atoms with Crippen LogP contribution in [0, 0.1) is 0 Å². The molecule has 2 aliphatic rings. The zero-order chi connectivity index (χ0) is 32.4. The molecule has 2 aliphatic carbocycles. The van der Waals surface area contributed by atoms with Crippen LogP contribution in [0.4, 0.5) is 8.78 Å². The van der Waals surface area contributed by atoms with E-state index < -0.39 is 24.3 Å². The van der Waals surface area contributed by atoms with E-state index >= 15 is 0 Å². The number of esters is 2. The van der Waals surface area contributed by atoms with Crippen molar-refractivity contribution in [1.29, 1.82) is 0 Å². The topological polar surface area (TPSA) is 52.6 Å². The quantitative estimate of drug-likeness (QED) is 0.104. The molecule has 0 saturated heterocycles. The second-order valence-electron chi connectivity index (χ2n) is 13.6. The smallest absolute Gasteiger partial charge is 0.340 e. The Kier molecular flexibility index (Phi) is 17.8. The number of carbonyl (C=O) groups is 2. The molecule has 256 valence electrons. The number of ether oxygens (including phenoxy) is 2. The molecule has 0 unspecified atom stereocenters. The number of hydrogen-bond acceptors (Lipinski definition) is 4. The summed E-state index contributed by atoms with van der Waals surface area (Å²) in [5.41, 5.74) is 2.32. The van der Waals surface area contributed by atoms with E-state index in [-0.39, 0.29) is 25.0 Å². The first kappa shape index (κ1) is 37.8. The lowest BCUT2D eigenvalue weighted by atomic mass is 9.80. The Labute approximate surface area is 276 Å². The van der Waals surface area contributed by atoms with Crippen LogP contribution in [0.15, 0.2) is 18.2 Å². The SMILES string of the molecule is CCCCCCCC[C@H](F)C(=O)O[C@H]1CC[C@H](c2ccc([C@H]3CC[C@H](OC(=O)[C@@H](F)CCCCCCCC)CC3)c(Cl)c2)CC1. The first-order valence-corrected chi connectivity index (χ1v) is 18.7. The van der Waals surface area contributed by atoms with Gasteiger partial charge in [0.2, 0.25) is 0 Å². The van der Waals surface area contributed by atoms with Crippen molar-refractivity contribution < 1.29 is 27.8 Å². The van der Waals surface area contributed by atoms with Gasteiger partial charge in [0.1, 0.15) is 12.2 Å². The standard InChI is InChI=1S/C38H59ClF2O4/c1-3-5-7-9-11-13-15-35(40)37(42)44-31-22-17-28(18-23-31)30-21-26-33(34(39)27-30)29-19-24-32(25-20-29)45-38(43)36(41)16-14-12-10-8-6-4-2/h21,26-29,31-32,35-36H,3-20,22-25H2,1-2H3/t28-,29-,31-,32-,35-,36-/m0/s1. The van der Waals surface area contributed by atoms with Crippen LogP contribution >= 0.6 is 11.6 Å². The molecular weight excluding hydrogens is 594 g/mol. The minimum atomic E-state index is -1.52. The van der Waals surface area contributed by atoms with Crippen molar-refractivity contribution in [1.82, 2.24) is 0 Å². The molecule has 3 rings (SSSR count). The molecule has 4 nitrogen and oxygen atoms in total. The lowest BCUT2D eigenvalue weighted by Gasteiger charge is -2.31. The number of carbonyl (C=O) groups excluding carboxylic acids is 2. The zero-order valence-corrected chi connectivity index (χ0v) is 28.8. The van der Waals surface area contributed by atoms with Crippen molar-refractivity contribution in [3.8, 4) is 0 Å². The van der Waals surface area contributed by atoms with Crippen molar-refractivity contribution in [3.63, 3.8) is 0 Å². The first-order valence-electron chi connectivity index (χ1n) is 18.3. The summed E-state index contributed by atoms with van der Waals surface area (Å²) >= 11 is 6.80. The molecule has 0 spiro atoms. The van der Waals surface area contributed by atoms with Gasteiger partial charge in [-0.3, -0.25) is 0 Å². The summed E-state index contributed by atoms with van der Waals surface area (Å²) in [5, 5.41) is 0.763. The van der Waals surface area contributed by atoms with Crippen molar-refractivity contribution in [2.24, 2.45) is 0 Å². The normalized spacial score (nSPS) is 23.3. The van der Waals surface area contributed by atoms with Crippen LogP contribution in [0.5, 0.6) is 0 Å². The average molecular weight is 653 g/mol. The maximum absolute atomic E-state index is 14.4. The number of rotatable bonds is 20. The number of benzene rings is 1. The summed E-state index contributed by atoms with van der Waals surface area (Å²) in [6.07, 6.45) is 16.2. The van der Waals surface area contributed by atoms with Crippen LogP contribution in [0.3, 0.4) is 0 Å². The predicted octanol–water partition coefficient (Wildman–Crippen LogP) is 11.7. The Balaban J connectivity index is 1.34. The van der Waals surface area contributed by atoms with Gasteiger partial charge in [0.05, 0.1) is 0 Å². The lowest BCUT2D eigenvalue weighted by Crippen LogP contribution is -2.28. The van der Waals surface area contributed by atoms with E-state index in [9.17, 15) is 18.4 Å². The third-order valence-electron chi connectivity index (χ3n) is 9.98. The number of hydrogen-bond donors (Lipinski definition) is 0. The van der Waals surface area contributed by atoms with E-state index in [4.69, 9.17) is 21.1 Å². The fourth-order valence-corrected chi connectivity index (χ4v) is 7.40. The Morgan fingerprint density at radius 1 is 0.667 bits per heavy atom. The van der Waals surface area contributed by atoms with Gasteiger partial charge in [-0.15, -0.1) is 0 Å². The summed E-state index contributed by atoms with van der Waals surface area (Å²) in [6.45, 7) is 4.34. The molecule has 0 radical (unpaired) electrons. The van der Waals surface area contributed by atoms with E-state index in [1.165, 1.54) is 44.1 Å². The summed E-state index contributed by atoms with van der Waals surface area (Å²) in [4.78, 5) is 24.6. The first-order chi connectivity index (χ1) is 21.8. The zero-order valence-electron chi connectivity index (χ0n) is 28.0. The molecule has 0 aromatic heterocycles. The van der Waals surface area contributed by atoms with Gasteiger partial charge in [-0.05, 0) is 106 Å². The van der Waals surface area contributed by atoms with Crippen molar-refractivity contribution in [2.75, 3.05) is 0 Å². The molecular formula is C38H59ClF2O4. The van der Waals surface area contributed by atoms with Gasteiger partial charge in [-0.2, -0.15) is 0 Å². The van der Waals surface area contributed by atoms with Crippen LogP contribution in [0.25, 0.3) is 0 Å². The fourth-order valence-electron chi connectivity index (χ4n) is 7.05. The van der Waals surface area contributed by atoms with Gasteiger partial charge in [0.25, 0.3) is 0 Å². The molecule has 0 N–H and O–H groups in total. The highest BCUT2D eigenvalue weighted by Crippen LogP contribution is 2.41. The Morgan fingerprint density at radius 2 is 1.09 bits per heavy atom. The Hall–Kier alpha value is -1.69. The fraction of sp³-hybridized carbons (Fsp3) is 0.789. The van der Waals surface area contributed by atoms with E-state index in [0.717, 1.165) is 100 Å². The minimum Gasteiger partial charge on any atom is -0.460 e. The summed E-state index contributed by atoms with van der Waals surface area (Å²) in [5.74, 6) is -0.750. The molecule has 1 aromatic carbocycles. The van der Waals surface area contributed by atoms with Gasteiger partial charge in [-0.1, -0.05) is 102 Å². The number of alkyl halides is 2. The summed E-state index contributed by atoms with van der Waals surface area (Å²) < 4.78 is 39.8. The van der Waals surface area contributed by atoms with Gasteiger partial charge in [0.15, 0.2) is 12.3 Å². The highest BCUT2D eigenvalue weighted by molar-refractivity contribution is 6.31. The van der Waals surface area contributed by atoms with Gasteiger partial charge in [0, 0.05) is 5.02 Å². The van der Waals surface area contributed by atoms with E-state index in [1.807, 2.05) is 0 Å². The molecule has 45 heavy (non-hydrogen) atoms. The number of unbranched alkanes of at least 4 members (excludes halogenated alkanes) is 10. The number of halogens is 3. The molecule has 0 amide bonds. The second-order valence-corrected chi connectivity index (χ2v) is 14.1. The molecule has 1 aromatic rings. The highest BCUT2D eigenvalue weighted by atomic mass is 35.5. The van der Waals surface area contributed by atoms with E-state index in [0.29, 0.717) is 11.8 Å². The molecule has 0 aliphatic heterocycles. The van der Waals surface area contributed by atoms with Crippen LogP contribution in [0.2, 0.25) is 5.02 Å². The van der Waals surface area contributed by atoms with Gasteiger partial charge < -0.3 is 9.47 Å². The third kappa shape index (κ3) is 13.5. The molecule has 0 heterocycles.